The van der Waals surface area contributed by atoms with Gasteiger partial charge in [0.15, 0.2) is 0 Å². The Morgan fingerprint density at radius 2 is 1.95 bits per heavy atom. The van der Waals surface area contributed by atoms with Crippen LogP contribution in [-0.4, -0.2) is 34.0 Å². The van der Waals surface area contributed by atoms with E-state index < -0.39 is 0 Å². The molecule has 7 nitrogen and oxygen atoms in total. The first-order chi connectivity index (χ1) is 9.58. The quantitative estimate of drug-likeness (QED) is 0.761. The average molecular weight is 273 g/mol. The molecule has 104 valence electrons. The summed E-state index contributed by atoms with van der Waals surface area (Å²) in [5.74, 6) is 0.236. The number of benzene rings is 1. The predicted molar refractivity (Wildman–Crippen MR) is 73.3 cm³/mol. The van der Waals surface area contributed by atoms with Gasteiger partial charge in [0.05, 0.1) is 6.42 Å². The number of hydrogen-bond acceptors (Lipinski definition) is 4. The fraction of sp³-hybridized carbons (Fsp3) is 0.231. The van der Waals surface area contributed by atoms with Crippen LogP contribution in [0.1, 0.15) is 22.0 Å². The van der Waals surface area contributed by atoms with Crippen molar-refractivity contribution >= 4 is 17.5 Å². The Labute approximate surface area is 115 Å². The second-order valence-corrected chi connectivity index (χ2v) is 4.25. The topological polar surface area (TPSA) is 99.8 Å². The van der Waals surface area contributed by atoms with Crippen LogP contribution in [0.15, 0.2) is 24.3 Å². The summed E-state index contributed by atoms with van der Waals surface area (Å²) < 4.78 is 0. The molecule has 0 radical (unpaired) electrons. The summed E-state index contributed by atoms with van der Waals surface area (Å²) in [6.45, 7) is 1.72. The van der Waals surface area contributed by atoms with Crippen LogP contribution in [0.5, 0.6) is 0 Å². The van der Waals surface area contributed by atoms with Gasteiger partial charge in [-0.05, 0) is 24.6 Å². The van der Waals surface area contributed by atoms with E-state index >= 15 is 0 Å². The molecule has 1 aromatic heterocycles. The lowest BCUT2D eigenvalue weighted by atomic mass is 10.1. The highest BCUT2D eigenvalue weighted by molar-refractivity contribution is 6.01. The number of aromatic nitrogens is 3. The maximum atomic E-state index is 11.8. The third-order valence-corrected chi connectivity index (χ3v) is 2.66. The lowest BCUT2D eigenvalue weighted by Crippen LogP contribution is -2.19. The second kappa shape index (κ2) is 5.96. The first kappa shape index (κ1) is 13.7. The van der Waals surface area contributed by atoms with Gasteiger partial charge in [-0.2, -0.15) is 0 Å². The molecule has 2 rings (SSSR count). The molecule has 0 aliphatic heterocycles. The van der Waals surface area contributed by atoms with Gasteiger partial charge >= 0.3 is 0 Å². The Balaban J connectivity index is 2.00. The van der Waals surface area contributed by atoms with Crippen molar-refractivity contribution in [2.24, 2.45) is 0 Å². The summed E-state index contributed by atoms with van der Waals surface area (Å²) in [6.07, 6.45) is 0.310. The van der Waals surface area contributed by atoms with Crippen molar-refractivity contribution in [1.82, 2.24) is 20.5 Å². The SMILES string of the molecule is CNC(=O)Cc1ccc(NC(=O)c2n[nH]c(C)n2)cc1. The van der Waals surface area contributed by atoms with Crippen molar-refractivity contribution in [2.45, 2.75) is 13.3 Å². The number of carbonyl (C=O) groups excluding carboxylic acids is 2. The molecule has 0 bridgehead atoms. The third kappa shape index (κ3) is 3.41. The fourth-order valence-corrected chi connectivity index (χ4v) is 1.61. The molecule has 3 N–H and O–H groups in total. The Hall–Kier alpha value is -2.70. The Morgan fingerprint density at radius 3 is 2.50 bits per heavy atom. The van der Waals surface area contributed by atoms with Crippen LogP contribution < -0.4 is 10.6 Å². The number of likely N-dealkylation sites (N-methyl/N-ethyl adjacent to an activating group) is 1. The van der Waals surface area contributed by atoms with E-state index in [1.54, 1.807) is 38.2 Å². The number of amides is 2. The Bertz CT molecular complexity index is 618. The minimum absolute atomic E-state index is 0.0574. The maximum Gasteiger partial charge on any atom is 0.295 e. The van der Waals surface area contributed by atoms with Crippen LogP contribution in [0.25, 0.3) is 0 Å². The van der Waals surface area contributed by atoms with Gasteiger partial charge in [0.1, 0.15) is 5.82 Å². The van der Waals surface area contributed by atoms with Gasteiger partial charge in [-0.25, -0.2) is 4.98 Å². The van der Waals surface area contributed by atoms with Gasteiger partial charge < -0.3 is 10.6 Å². The van der Waals surface area contributed by atoms with Crippen LogP contribution in [0.4, 0.5) is 5.69 Å². The van der Waals surface area contributed by atoms with Crippen LogP contribution in [0, 0.1) is 6.92 Å². The molecule has 0 aliphatic carbocycles. The molecule has 0 spiro atoms. The molecule has 20 heavy (non-hydrogen) atoms. The van der Waals surface area contributed by atoms with Gasteiger partial charge in [-0.15, -0.1) is 5.10 Å². The zero-order valence-electron chi connectivity index (χ0n) is 11.2. The number of carbonyl (C=O) groups is 2. The highest BCUT2D eigenvalue weighted by Crippen LogP contribution is 2.11. The number of anilines is 1. The van der Waals surface area contributed by atoms with Crippen molar-refractivity contribution in [1.29, 1.82) is 0 Å². The molecule has 0 atom stereocenters. The van der Waals surface area contributed by atoms with Crippen molar-refractivity contribution in [2.75, 3.05) is 12.4 Å². The highest BCUT2D eigenvalue weighted by atomic mass is 16.2. The normalized spacial score (nSPS) is 10.1. The summed E-state index contributed by atoms with van der Waals surface area (Å²) in [4.78, 5) is 27.0. The maximum absolute atomic E-state index is 11.8. The Morgan fingerprint density at radius 1 is 1.25 bits per heavy atom. The predicted octanol–water partition coefficient (Wildman–Crippen LogP) is 0.654. The molecular formula is C13H15N5O2. The molecule has 0 saturated heterocycles. The number of nitrogens with one attached hydrogen (secondary N) is 3. The zero-order valence-corrected chi connectivity index (χ0v) is 11.2. The molecule has 0 saturated carbocycles. The van der Waals surface area contributed by atoms with Gasteiger partial charge in [-0.3, -0.25) is 14.7 Å². The number of hydrogen-bond donors (Lipinski definition) is 3. The van der Waals surface area contributed by atoms with Crippen LogP contribution in [0.3, 0.4) is 0 Å². The summed E-state index contributed by atoms with van der Waals surface area (Å²) in [6, 6.07) is 7.04. The molecule has 0 unspecified atom stereocenters. The number of nitrogens with zero attached hydrogens (tertiary/aromatic N) is 2. The molecule has 1 heterocycles. The van der Waals surface area contributed by atoms with E-state index in [-0.39, 0.29) is 17.6 Å². The van der Waals surface area contributed by atoms with Gasteiger partial charge in [0, 0.05) is 12.7 Å². The fourth-order valence-electron chi connectivity index (χ4n) is 1.61. The number of aryl methyl sites for hydroxylation is 1. The van der Waals surface area contributed by atoms with Gasteiger partial charge in [-0.1, -0.05) is 12.1 Å². The molecule has 2 aromatic rings. The lowest BCUT2D eigenvalue weighted by Gasteiger charge is -2.04. The van der Waals surface area contributed by atoms with Crippen molar-refractivity contribution in [3.05, 3.63) is 41.5 Å². The first-order valence-corrected chi connectivity index (χ1v) is 6.08. The number of rotatable bonds is 4. The van der Waals surface area contributed by atoms with Gasteiger partial charge in [0.2, 0.25) is 11.7 Å². The second-order valence-electron chi connectivity index (χ2n) is 4.25. The third-order valence-electron chi connectivity index (χ3n) is 2.66. The van der Waals surface area contributed by atoms with E-state index in [4.69, 9.17) is 0 Å². The minimum atomic E-state index is -0.381. The average Bonchev–Trinajstić information content (AvgIpc) is 2.87. The summed E-state index contributed by atoms with van der Waals surface area (Å²) in [7, 11) is 1.59. The van der Waals surface area contributed by atoms with Crippen LogP contribution in [0.2, 0.25) is 0 Å². The monoisotopic (exact) mass is 273 g/mol. The highest BCUT2D eigenvalue weighted by Gasteiger charge is 2.11. The van der Waals surface area contributed by atoms with E-state index in [2.05, 4.69) is 25.8 Å². The standard InChI is InChI=1S/C13H15N5O2/c1-8-15-12(18-17-8)13(20)16-10-5-3-9(4-6-10)7-11(19)14-2/h3-6H,7H2,1-2H3,(H,14,19)(H,16,20)(H,15,17,18). The van der Waals surface area contributed by atoms with Crippen molar-refractivity contribution < 1.29 is 9.59 Å². The van der Waals surface area contributed by atoms with Gasteiger partial charge in [0.25, 0.3) is 5.91 Å². The molecule has 7 heteroatoms. The van der Waals surface area contributed by atoms with E-state index in [9.17, 15) is 9.59 Å². The molecule has 0 aliphatic rings. The Kier molecular flexibility index (Phi) is 4.09. The molecule has 2 amide bonds. The first-order valence-electron chi connectivity index (χ1n) is 6.08. The molecule has 1 aromatic carbocycles. The molecule has 0 fully saturated rings. The largest absolute Gasteiger partial charge is 0.359 e. The van der Waals surface area contributed by atoms with Crippen LogP contribution in [-0.2, 0) is 11.2 Å². The zero-order chi connectivity index (χ0) is 14.5. The van der Waals surface area contributed by atoms with E-state index in [0.717, 1.165) is 5.56 Å². The summed E-state index contributed by atoms with van der Waals surface area (Å²) in [5, 5.41) is 11.6. The smallest absolute Gasteiger partial charge is 0.295 e. The van der Waals surface area contributed by atoms with E-state index in [1.165, 1.54) is 0 Å². The number of H-pyrrole nitrogens is 1. The minimum Gasteiger partial charge on any atom is -0.359 e. The number of aromatic amines is 1. The summed E-state index contributed by atoms with van der Waals surface area (Å²) in [5.41, 5.74) is 1.49. The van der Waals surface area contributed by atoms with Crippen molar-refractivity contribution in [3.8, 4) is 0 Å². The summed E-state index contributed by atoms with van der Waals surface area (Å²) >= 11 is 0. The van der Waals surface area contributed by atoms with Crippen LogP contribution >= 0.6 is 0 Å². The van der Waals surface area contributed by atoms with E-state index in [0.29, 0.717) is 17.9 Å². The molecular weight excluding hydrogens is 258 g/mol. The van der Waals surface area contributed by atoms with Crippen molar-refractivity contribution in [3.63, 3.8) is 0 Å². The van der Waals surface area contributed by atoms with E-state index in [1.807, 2.05) is 0 Å². The lowest BCUT2D eigenvalue weighted by molar-refractivity contribution is -0.119.